The summed E-state index contributed by atoms with van der Waals surface area (Å²) in [5.74, 6) is 0. The van der Waals surface area contributed by atoms with Gasteiger partial charge in [0.25, 0.3) is 0 Å². The van der Waals surface area contributed by atoms with Gasteiger partial charge in [-0.3, -0.25) is 0 Å². The third-order valence-corrected chi connectivity index (χ3v) is 10.9. The second kappa shape index (κ2) is 8.98. The molecule has 0 N–H and O–H groups in total. The average molecular weight is 471 g/mol. The molecule has 0 radical (unpaired) electrons. The highest BCUT2D eigenvalue weighted by atomic mass is 28.3. The van der Waals surface area contributed by atoms with E-state index in [1.807, 2.05) is 0 Å². The predicted molar refractivity (Wildman–Crippen MR) is 156 cm³/mol. The Morgan fingerprint density at radius 1 is 0.400 bits per heavy atom. The molecule has 35 heavy (non-hydrogen) atoms. The van der Waals surface area contributed by atoms with Crippen LogP contribution < -0.4 is 0 Å². The number of aryl methyl sites for hydroxylation is 4. The first-order valence-corrected chi connectivity index (χ1v) is 15.5. The first-order chi connectivity index (χ1) is 16.8. The minimum atomic E-state index is -2.08. The van der Waals surface area contributed by atoms with Gasteiger partial charge in [0.2, 0.25) is 0 Å². The molecule has 1 aliphatic heterocycles. The highest BCUT2D eigenvalue weighted by Crippen LogP contribution is 2.55. The summed E-state index contributed by atoms with van der Waals surface area (Å²) in [6.07, 6.45) is 0. The maximum absolute atomic E-state index is 2.54. The topological polar surface area (TPSA) is 0 Å². The van der Waals surface area contributed by atoms with E-state index in [0.29, 0.717) is 0 Å². The van der Waals surface area contributed by atoms with Gasteiger partial charge >= 0.3 is 0 Å². The number of rotatable bonds is 4. The van der Waals surface area contributed by atoms with E-state index < -0.39 is 8.07 Å². The molecule has 1 heterocycles. The largest absolute Gasteiger partial charge is 0.115 e. The Hall–Kier alpha value is -3.42. The monoisotopic (exact) mass is 470 g/mol. The normalized spacial score (nSPS) is 15.1. The van der Waals surface area contributed by atoms with Crippen molar-refractivity contribution in [3.05, 3.63) is 142 Å². The van der Waals surface area contributed by atoms with E-state index in [4.69, 9.17) is 0 Å². The van der Waals surface area contributed by atoms with Crippen molar-refractivity contribution in [3.8, 4) is 0 Å². The Kier molecular flexibility index (Phi) is 5.98. The van der Waals surface area contributed by atoms with Crippen molar-refractivity contribution in [2.24, 2.45) is 0 Å². The summed E-state index contributed by atoms with van der Waals surface area (Å²) >= 11 is 0. The van der Waals surface area contributed by atoms with Gasteiger partial charge in [0, 0.05) is 0 Å². The van der Waals surface area contributed by atoms with Gasteiger partial charge in [-0.15, -0.1) is 0 Å². The van der Waals surface area contributed by atoms with Gasteiger partial charge in [-0.1, -0.05) is 132 Å². The minimum Gasteiger partial charge on any atom is -0.0615 e. The van der Waals surface area contributed by atoms with Crippen molar-refractivity contribution in [2.45, 2.75) is 40.8 Å². The summed E-state index contributed by atoms with van der Waals surface area (Å²) in [4.78, 5) is 0. The van der Waals surface area contributed by atoms with Gasteiger partial charge in [-0.25, -0.2) is 0 Å². The van der Waals surface area contributed by atoms with E-state index in [9.17, 15) is 0 Å². The number of hydrogen-bond acceptors (Lipinski definition) is 0. The van der Waals surface area contributed by atoms with Crippen molar-refractivity contribution < 1.29 is 0 Å². The van der Waals surface area contributed by atoms with Gasteiger partial charge in [-0.05, 0) is 71.5 Å². The first-order valence-electron chi connectivity index (χ1n) is 12.5. The molecule has 0 atom stereocenters. The number of benzene rings is 4. The molecule has 1 aliphatic rings. The molecule has 0 bridgehead atoms. The van der Waals surface area contributed by atoms with Gasteiger partial charge < -0.3 is 0 Å². The zero-order chi connectivity index (χ0) is 24.7. The Bertz CT molecular complexity index is 1350. The lowest BCUT2D eigenvalue weighted by Gasteiger charge is -2.26. The van der Waals surface area contributed by atoms with Gasteiger partial charge in [-0.2, -0.15) is 0 Å². The van der Waals surface area contributed by atoms with E-state index in [1.165, 1.54) is 66.0 Å². The lowest BCUT2D eigenvalue weighted by molar-refractivity contribution is 1.43. The molecule has 0 aromatic heterocycles. The highest BCUT2D eigenvalue weighted by molar-refractivity contribution is 7.13. The second-order valence-corrected chi connectivity index (χ2v) is 14.8. The summed E-state index contributed by atoms with van der Waals surface area (Å²) in [5.41, 5.74) is 13.4. The van der Waals surface area contributed by atoms with Crippen LogP contribution in [-0.2, 0) is 0 Å². The molecule has 174 valence electrons. The summed E-state index contributed by atoms with van der Waals surface area (Å²) in [6.45, 7) is 13.8. The Morgan fingerprint density at radius 2 is 0.771 bits per heavy atom. The van der Waals surface area contributed by atoms with Crippen LogP contribution >= 0.6 is 0 Å². The highest BCUT2D eigenvalue weighted by Gasteiger charge is 2.43. The van der Waals surface area contributed by atoms with Crippen LogP contribution in [0.25, 0.3) is 21.5 Å². The molecule has 0 fully saturated rings. The fraction of sp³-hybridized carbons (Fsp3) is 0.176. The quantitative estimate of drug-likeness (QED) is 0.261. The summed E-state index contributed by atoms with van der Waals surface area (Å²) in [6, 6.07) is 36.5. The van der Waals surface area contributed by atoms with Crippen LogP contribution in [0.2, 0.25) is 13.1 Å². The van der Waals surface area contributed by atoms with Crippen LogP contribution in [0.15, 0.2) is 97.1 Å². The maximum atomic E-state index is 2.54. The summed E-state index contributed by atoms with van der Waals surface area (Å²) in [7, 11) is -2.08. The van der Waals surface area contributed by atoms with Crippen molar-refractivity contribution in [1.82, 2.24) is 0 Å². The van der Waals surface area contributed by atoms with Gasteiger partial charge in [0.1, 0.15) is 8.07 Å². The Morgan fingerprint density at radius 3 is 1.11 bits per heavy atom. The second-order valence-electron chi connectivity index (χ2n) is 10.6. The van der Waals surface area contributed by atoms with Gasteiger partial charge in [0.05, 0.1) is 0 Å². The molecule has 0 aliphatic carbocycles. The standard InChI is InChI=1S/C34H34Si/c1-23-13-17-27(18-14-23)33-31(29-11-7-9-25(3)21-29)32(30-12-8-10-26(4)22-30)34(35(33,5)6)28-19-15-24(2)16-20-28/h7-22H,1-6H3. The van der Waals surface area contributed by atoms with Crippen LogP contribution in [-0.4, -0.2) is 8.07 Å². The molecule has 5 rings (SSSR count). The van der Waals surface area contributed by atoms with Crippen molar-refractivity contribution in [2.75, 3.05) is 0 Å². The molecule has 0 unspecified atom stereocenters. The van der Waals surface area contributed by atoms with Crippen LogP contribution in [0.4, 0.5) is 0 Å². The molecular weight excluding hydrogens is 436 g/mol. The lowest BCUT2D eigenvalue weighted by Crippen LogP contribution is -2.28. The molecule has 1 heteroatoms. The van der Waals surface area contributed by atoms with E-state index in [1.54, 1.807) is 0 Å². The van der Waals surface area contributed by atoms with Crippen molar-refractivity contribution >= 4 is 29.6 Å². The van der Waals surface area contributed by atoms with Crippen LogP contribution in [0.3, 0.4) is 0 Å². The molecule has 0 amide bonds. The van der Waals surface area contributed by atoms with Gasteiger partial charge in [0.15, 0.2) is 0 Å². The lowest BCUT2D eigenvalue weighted by atomic mass is 9.88. The zero-order valence-corrected chi connectivity index (χ0v) is 22.7. The smallest absolute Gasteiger partial charge is 0.0615 e. The van der Waals surface area contributed by atoms with E-state index in [-0.39, 0.29) is 0 Å². The Labute approximate surface area is 211 Å². The summed E-state index contributed by atoms with van der Waals surface area (Å²) in [5, 5.41) is 3.07. The number of hydrogen-bond donors (Lipinski definition) is 0. The predicted octanol–water partition coefficient (Wildman–Crippen LogP) is 9.24. The van der Waals surface area contributed by atoms with E-state index in [0.717, 1.165) is 0 Å². The third kappa shape index (κ3) is 4.26. The fourth-order valence-electron chi connectivity index (χ4n) is 5.63. The van der Waals surface area contributed by atoms with E-state index >= 15 is 0 Å². The van der Waals surface area contributed by atoms with Crippen LogP contribution in [0, 0.1) is 27.7 Å². The molecule has 4 aromatic rings. The summed E-state index contributed by atoms with van der Waals surface area (Å²) < 4.78 is 0. The third-order valence-electron chi connectivity index (χ3n) is 7.29. The Balaban J connectivity index is 1.92. The molecule has 0 saturated heterocycles. The zero-order valence-electron chi connectivity index (χ0n) is 21.7. The first kappa shape index (κ1) is 23.3. The molecule has 0 nitrogen and oxygen atoms in total. The minimum absolute atomic E-state index is 1.30. The van der Waals surface area contributed by atoms with Crippen molar-refractivity contribution in [1.29, 1.82) is 0 Å². The SMILES string of the molecule is Cc1ccc(C2=C(c3cccc(C)c3)C(c3cccc(C)c3)=C(c3ccc(C)cc3)[Si]2(C)C)cc1. The van der Waals surface area contributed by atoms with Crippen molar-refractivity contribution in [3.63, 3.8) is 0 Å². The van der Waals surface area contributed by atoms with Crippen LogP contribution in [0.1, 0.15) is 44.5 Å². The molecular formula is C34H34Si. The number of allylic oxidation sites excluding steroid dienone is 2. The fourth-order valence-corrected chi connectivity index (χ4v) is 9.44. The molecule has 0 saturated carbocycles. The van der Waals surface area contributed by atoms with Crippen LogP contribution in [0.5, 0.6) is 0 Å². The molecule has 4 aromatic carbocycles. The molecule has 0 spiro atoms. The maximum Gasteiger partial charge on any atom is 0.115 e. The average Bonchev–Trinajstić information content (AvgIpc) is 3.07. The van der Waals surface area contributed by atoms with E-state index in [2.05, 4.69) is 138 Å².